The highest BCUT2D eigenvalue weighted by atomic mass is 16.5. The lowest BCUT2D eigenvalue weighted by atomic mass is 9.86. The van der Waals surface area contributed by atoms with Crippen molar-refractivity contribution in [1.82, 2.24) is 0 Å². The number of hydrogen-bond donors (Lipinski definition) is 1. The van der Waals surface area contributed by atoms with Gasteiger partial charge in [-0.05, 0) is 32.8 Å². The number of hydrogen-bond acceptors (Lipinski definition) is 5. The van der Waals surface area contributed by atoms with Gasteiger partial charge in [0.15, 0.2) is 0 Å². The van der Waals surface area contributed by atoms with Crippen molar-refractivity contribution < 1.29 is 24.2 Å². The molecule has 0 saturated carbocycles. The first kappa shape index (κ1) is 13.7. The standard InChI is InChI=1S/C12H18O5/c1-3-16-11(14)9-6-5-8(13)7-10(9)12(15)17-4-2/h7-9,13H,3-6H2,1-2H3/t8-,9-/m1/s1. The summed E-state index contributed by atoms with van der Waals surface area (Å²) in [5.74, 6) is -1.60. The first-order chi connectivity index (χ1) is 8.10. The molecule has 0 fully saturated rings. The predicted molar refractivity (Wildman–Crippen MR) is 60.1 cm³/mol. The van der Waals surface area contributed by atoms with Crippen LogP contribution in [0, 0.1) is 5.92 Å². The van der Waals surface area contributed by atoms with Gasteiger partial charge in [0.1, 0.15) is 0 Å². The average molecular weight is 242 g/mol. The Kier molecular flexibility index (Phi) is 5.15. The number of aliphatic hydroxyl groups is 1. The lowest BCUT2D eigenvalue weighted by Crippen LogP contribution is -2.30. The van der Waals surface area contributed by atoms with Crippen molar-refractivity contribution in [3.63, 3.8) is 0 Å². The second kappa shape index (κ2) is 6.39. The van der Waals surface area contributed by atoms with Crippen molar-refractivity contribution in [1.29, 1.82) is 0 Å². The topological polar surface area (TPSA) is 72.8 Å². The molecule has 0 aliphatic heterocycles. The molecule has 0 aromatic carbocycles. The fraction of sp³-hybridized carbons (Fsp3) is 0.667. The van der Waals surface area contributed by atoms with Gasteiger partial charge in [-0.15, -0.1) is 0 Å². The molecule has 1 rings (SSSR count). The van der Waals surface area contributed by atoms with Gasteiger partial charge < -0.3 is 14.6 Å². The molecule has 0 saturated heterocycles. The normalized spacial score (nSPS) is 23.8. The molecule has 0 unspecified atom stereocenters. The maximum Gasteiger partial charge on any atom is 0.334 e. The van der Waals surface area contributed by atoms with E-state index in [-0.39, 0.29) is 18.8 Å². The van der Waals surface area contributed by atoms with Crippen LogP contribution in [0.2, 0.25) is 0 Å². The SMILES string of the molecule is CCOC(=O)C1=C[C@H](O)CC[C@H]1C(=O)OCC. The summed E-state index contributed by atoms with van der Waals surface area (Å²) in [5.41, 5.74) is 0.212. The Balaban J connectivity index is 2.84. The Morgan fingerprint density at radius 1 is 1.29 bits per heavy atom. The van der Waals surface area contributed by atoms with Gasteiger partial charge in [-0.2, -0.15) is 0 Å². The lowest BCUT2D eigenvalue weighted by Gasteiger charge is -2.23. The minimum atomic E-state index is -0.694. The van der Waals surface area contributed by atoms with E-state index in [1.807, 2.05) is 0 Å². The van der Waals surface area contributed by atoms with Crippen LogP contribution in [0.1, 0.15) is 26.7 Å². The smallest absolute Gasteiger partial charge is 0.334 e. The van der Waals surface area contributed by atoms with Crippen molar-refractivity contribution in [2.24, 2.45) is 5.92 Å². The summed E-state index contributed by atoms with van der Waals surface area (Å²) in [5, 5.41) is 9.49. The van der Waals surface area contributed by atoms with Crippen LogP contribution >= 0.6 is 0 Å². The molecular formula is C12H18O5. The predicted octanol–water partition coefficient (Wildman–Crippen LogP) is 0.810. The van der Waals surface area contributed by atoms with Crippen LogP contribution in [-0.4, -0.2) is 36.4 Å². The van der Waals surface area contributed by atoms with E-state index >= 15 is 0 Å². The molecule has 0 radical (unpaired) electrons. The molecule has 1 N–H and O–H groups in total. The van der Waals surface area contributed by atoms with Crippen LogP contribution in [0.5, 0.6) is 0 Å². The maximum absolute atomic E-state index is 11.7. The number of ether oxygens (including phenoxy) is 2. The summed E-state index contributed by atoms with van der Waals surface area (Å²) >= 11 is 0. The second-order valence-corrected chi connectivity index (χ2v) is 3.79. The van der Waals surface area contributed by atoms with Gasteiger partial charge in [-0.3, -0.25) is 4.79 Å². The zero-order valence-electron chi connectivity index (χ0n) is 10.1. The summed E-state index contributed by atoms with van der Waals surface area (Å²) in [6.07, 6.45) is 1.56. The largest absolute Gasteiger partial charge is 0.466 e. The van der Waals surface area contributed by atoms with Crippen LogP contribution in [0.4, 0.5) is 0 Å². The summed E-state index contributed by atoms with van der Waals surface area (Å²) < 4.78 is 9.77. The third-order valence-corrected chi connectivity index (χ3v) is 2.58. The number of rotatable bonds is 4. The molecule has 17 heavy (non-hydrogen) atoms. The van der Waals surface area contributed by atoms with Gasteiger partial charge in [0.2, 0.25) is 0 Å². The Labute approximate surface area is 100 Å². The van der Waals surface area contributed by atoms with Crippen LogP contribution in [0.25, 0.3) is 0 Å². The average Bonchev–Trinajstić information content (AvgIpc) is 2.29. The number of carbonyl (C=O) groups excluding carboxylic acids is 2. The number of esters is 2. The van der Waals surface area contributed by atoms with E-state index in [9.17, 15) is 14.7 Å². The van der Waals surface area contributed by atoms with Gasteiger partial charge in [0, 0.05) is 5.57 Å². The van der Waals surface area contributed by atoms with Crippen molar-refractivity contribution in [2.75, 3.05) is 13.2 Å². The highest BCUT2D eigenvalue weighted by molar-refractivity contribution is 5.95. The fourth-order valence-corrected chi connectivity index (χ4v) is 1.81. The fourth-order valence-electron chi connectivity index (χ4n) is 1.81. The summed E-state index contributed by atoms with van der Waals surface area (Å²) in [6, 6.07) is 0. The minimum Gasteiger partial charge on any atom is -0.466 e. The first-order valence-electron chi connectivity index (χ1n) is 5.83. The molecule has 0 aromatic heterocycles. The summed E-state index contributed by atoms with van der Waals surface area (Å²) in [4.78, 5) is 23.3. The molecule has 1 aliphatic carbocycles. The molecule has 1 aliphatic rings. The zero-order valence-corrected chi connectivity index (χ0v) is 10.1. The molecule has 2 atom stereocenters. The molecule has 5 heteroatoms. The first-order valence-corrected chi connectivity index (χ1v) is 5.83. The van der Waals surface area contributed by atoms with Gasteiger partial charge in [0.05, 0.1) is 25.2 Å². The Morgan fingerprint density at radius 3 is 2.53 bits per heavy atom. The Hall–Kier alpha value is -1.36. The quantitative estimate of drug-likeness (QED) is 0.738. The van der Waals surface area contributed by atoms with Crippen molar-refractivity contribution in [2.45, 2.75) is 32.8 Å². The van der Waals surface area contributed by atoms with E-state index in [1.54, 1.807) is 13.8 Å². The van der Waals surface area contributed by atoms with E-state index in [2.05, 4.69) is 0 Å². The van der Waals surface area contributed by atoms with Crippen LogP contribution in [-0.2, 0) is 19.1 Å². The molecular weight excluding hydrogens is 224 g/mol. The maximum atomic E-state index is 11.7. The molecule has 0 bridgehead atoms. The molecule has 0 amide bonds. The van der Waals surface area contributed by atoms with Gasteiger partial charge in [-0.25, -0.2) is 4.79 Å². The van der Waals surface area contributed by atoms with E-state index in [4.69, 9.17) is 9.47 Å². The van der Waals surface area contributed by atoms with Crippen LogP contribution in [0.15, 0.2) is 11.6 Å². The van der Waals surface area contributed by atoms with Gasteiger partial charge in [-0.1, -0.05) is 0 Å². The summed E-state index contributed by atoms with van der Waals surface area (Å²) in [7, 11) is 0. The van der Waals surface area contributed by atoms with E-state index in [0.29, 0.717) is 12.8 Å². The minimum absolute atomic E-state index is 0.212. The molecule has 5 nitrogen and oxygen atoms in total. The number of carbonyl (C=O) groups is 2. The van der Waals surface area contributed by atoms with Crippen LogP contribution < -0.4 is 0 Å². The van der Waals surface area contributed by atoms with Crippen molar-refractivity contribution in [3.8, 4) is 0 Å². The van der Waals surface area contributed by atoms with E-state index in [0.717, 1.165) is 0 Å². The lowest BCUT2D eigenvalue weighted by molar-refractivity contribution is -0.150. The van der Waals surface area contributed by atoms with Gasteiger partial charge in [0.25, 0.3) is 0 Å². The van der Waals surface area contributed by atoms with E-state index < -0.39 is 24.0 Å². The molecule has 96 valence electrons. The van der Waals surface area contributed by atoms with Crippen molar-refractivity contribution >= 4 is 11.9 Å². The second-order valence-electron chi connectivity index (χ2n) is 3.79. The molecule has 0 aromatic rings. The van der Waals surface area contributed by atoms with Crippen LogP contribution in [0.3, 0.4) is 0 Å². The zero-order chi connectivity index (χ0) is 12.8. The van der Waals surface area contributed by atoms with Gasteiger partial charge >= 0.3 is 11.9 Å². The molecule has 0 heterocycles. The summed E-state index contributed by atoms with van der Waals surface area (Å²) in [6.45, 7) is 3.91. The third-order valence-electron chi connectivity index (χ3n) is 2.58. The molecule has 0 spiro atoms. The monoisotopic (exact) mass is 242 g/mol. The van der Waals surface area contributed by atoms with E-state index in [1.165, 1.54) is 6.08 Å². The van der Waals surface area contributed by atoms with Crippen molar-refractivity contribution in [3.05, 3.63) is 11.6 Å². The Bertz CT molecular complexity index is 321. The number of aliphatic hydroxyl groups excluding tert-OH is 1. The highest BCUT2D eigenvalue weighted by Gasteiger charge is 2.33. The highest BCUT2D eigenvalue weighted by Crippen LogP contribution is 2.27. The third kappa shape index (κ3) is 3.56. The Morgan fingerprint density at radius 2 is 1.94 bits per heavy atom.